The third-order valence-corrected chi connectivity index (χ3v) is 5.17. The fraction of sp³-hybridized carbons (Fsp3) is 0.500. The molecular formula is C20H28N4O4. The number of hydroxylamine groups is 1. The van der Waals surface area contributed by atoms with Crippen LogP contribution in [0, 0.1) is 0 Å². The van der Waals surface area contributed by atoms with E-state index in [2.05, 4.69) is 34.3 Å². The van der Waals surface area contributed by atoms with Crippen molar-refractivity contribution in [1.82, 2.24) is 21.1 Å². The molecule has 1 atom stereocenters. The van der Waals surface area contributed by atoms with Crippen molar-refractivity contribution in [2.45, 2.75) is 44.7 Å². The first-order chi connectivity index (χ1) is 13.6. The molecule has 2 aliphatic rings. The van der Waals surface area contributed by atoms with Gasteiger partial charge in [0, 0.05) is 42.1 Å². The van der Waals surface area contributed by atoms with Gasteiger partial charge >= 0.3 is 0 Å². The minimum absolute atomic E-state index is 0.0282. The Hall–Kier alpha value is -2.42. The van der Waals surface area contributed by atoms with Crippen molar-refractivity contribution in [3.63, 3.8) is 0 Å². The third kappa shape index (κ3) is 4.70. The molecule has 3 rings (SSSR count). The Balaban J connectivity index is 1.82. The summed E-state index contributed by atoms with van der Waals surface area (Å²) in [6.45, 7) is 5.82. The molecule has 1 aliphatic heterocycles. The Morgan fingerprint density at radius 3 is 2.93 bits per heavy atom. The zero-order valence-corrected chi connectivity index (χ0v) is 16.0. The molecule has 2 heterocycles. The Morgan fingerprint density at radius 1 is 1.25 bits per heavy atom. The molecule has 1 aromatic heterocycles. The van der Waals surface area contributed by atoms with Crippen molar-refractivity contribution >= 4 is 17.9 Å². The number of allylic oxidation sites excluding steroid dienone is 1. The summed E-state index contributed by atoms with van der Waals surface area (Å²) >= 11 is 0. The largest absolute Gasteiger partial charge is 0.381 e. The normalized spacial score (nSPS) is 21.0. The smallest absolute Gasteiger partial charge is 0.272 e. The lowest BCUT2D eigenvalue weighted by Gasteiger charge is -2.20. The number of amides is 2. The summed E-state index contributed by atoms with van der Waals surface area (Å²) in [5.74, 6) is -1.12. The Morgan fingerprint density at radius 2 is 2.11 bits per heavy atom. The van der Waals surface area contributed by atoms with Gasteiger partial charge in [-0.2, -0.15) is 0 Å². The lowest BCUT2D eigenvalue weighted by atomic mass is 10.00. The van der Waals surface area contributed by atoms with Gasteiger partial charge in [0.25, 0.3) is 5.91 Å². The predicted octanol–water partition coefficient (Wildman–Crippen LogP) is 0.963. The van der Waals surface area contributed by atoms with E-state index >= 15 is 0 Å². The molecule has 8 heteroatoms. The topological polar surface area (TPSA) is 115 Å². The second kappa shape index (κ2) is 9.68. The maximum atomic E-state index is 12.8. The van der Waals surface area contributed by atoms with E-state index in [1.54, 1.807) is 5.48 Å². The second-order valence-corrected chi connectivity index (χ2v) is 7.06. The van der Waals surface area contributed by atoms with Crippen molar-refractivity contribution in [3.8, 4) is 0 Å². The van der Waals surface area contributed by atoms with Gasteiger partial charge in [-0.15, -0.1) is 0 Å². The number of fused-ring (bicyclic) bond motifs is 3. The van der Waals surface area contributed by atoms with Crippen LogP contribution in [-0.2, 0) is 33.7 Å². The number of nitrogens with one attached hydrogen (secondary N) is 4. The molecule has 5 N–H and O–H groups in total. The Kier molecular flexibility index (Phi) is 7.02. The molecule has 2 amide bonds. The SMILES string of the molecule is C=C(C(=O)NO)[C@@H]1NCCCCOCCc2[nH]c3c(c2CNC1=O)C=CCC3. The number of aromatic nitrogens is 1. The maximum Gasteiger partial charge on any atom is 0.272 e. The molecule has 0 saturated heterocycles. The number of aryl methyl sites for hydroxylation is 1. The van der Waals surface area contributed by atoms with Gasteiger partial charge < -0.3 is 20.4 Å². The molecule has 0 bridgehead atoms. The summed E-state index contributed by atoms with van der Waals surface area (Å²) in [5.41, 5.74) is 5.96. The van der Waals surface area contributed by atoms with Crippen LogP contribution in [-0.4, -0.2) is 47.8 Å². The van der Waals surface area contributed by atoms with Crippen molar-refractivity contribution in [2.75, 3.05) is 19.8 Å². The molecule has 0 radical (unpaired) electrons. The van der Waals surface area contributed by atoms with Crippen LogP contribution in [0.1, 0.15) is 41.8 Å². The number of carbonyl (C=O) groups excluding carboxylic acids is 2. The summed E-state index contributed by atoms with van der Waals surface area (Å²) in [6.07, 6.45) is 8.58. The van der Waals surface area contributed by atoms with Crippen LogP contribution in [0.2, 0.25) is 0 Å². The standard InChI is InChI=1S/C20H28N4O4/c1-13(19(25)24-27)18-20(26)22-12-15-14-6-2-3-7-16(14)23-17(15)8-11-28-10-5-4-9-21-18/h2,6,18,21,23,27H,1,3-5,7-12H2,(H,22,26)(H,24,25)/t18-/m0/s1. The van der Waals surface area contributed by atoms with Gasteiger partial charge in [-0.1, -0.05) is 18.7 Å². The fourth-order valence-corrected chi connectivity index (χ4v) is 3.62. The molecule has 0 spiro atoms. The van der Waals surface area contributed by atoms with E-state index in [-0.39, 0.29) is 11.5 Å². The minimum atomic E-state index is -0.912. The van der Waals surface area contributed by atoms with Gasteiger partial charge in [-0.05, 0) is 37.8 Å². The number of hydrogen-bond donors (Lipinski definition) is 5. The third-order valence-electron chi connectivity index (χ3n) is 5.17. The van der Waals surface area contributed by atoms with Crippen LogP contribution in [0.25, 0.3) is 6.08 Å². The van der Waals surface area contributed by atoms with Crippen molar-refractivity contribution < 1.29 is 19.5 Å². The average Bonchev–Trinajstić information content (AvgIpc) is 3.06. The molecule has 0 aromatic carbocycles. The molecule has 1 aromatic rings. The van der Waals surface area contributed by atoms with Crippen LogP contribution < -0.4 is 16.1 Å². The molecule has 152 valence electrons. The summed E-state index contributed by atoms with van der Waals surface area (Å²) < 4.78 is 5.75. The molecule has 8 nitrogen and oxygen atoms in total. The zero-order chi connectivity index (χ0) is 19.9. The van der Waals surface area contributed by atoms with Gasteiger partial charge in [-0.3, -0.25) is 14.8 Å². The van der Waals surface area contributed by atoms with Crippen LogP contribution in [0.3, 0.4) is 0 Å². The van der Waals surface area contributed by atoms with Gasteiger partial charge in [0.1, 0.15) is 6.04 Å². The maximum absolute atomic E-state index is 12.8. The number of carbonyl (C=O) groups is 2. The lowest BCUT2D eigenvalue weighted by molar-refractivity contribution is -0.128. The highest BCUT2D eigenvalue weighted by Gasteiger charge is 2.26. The molecule has 0 unspecified atom stereocenters. The van der Waals surface area contributed by atoms with E-state index in [0.29, 0.717) is 26.3 Å². The Bertz CT molecular complexity index is 769. The van der Waals surface area contributed by atoms with Crippen molar-refractivity contribution in [2.24, 2.45) is 0 Å². The fourth-order valence-electron chi connectivity index (χ4n) is 3.62. The summed E-state index contributed by atoms with van der Waals surface area (Å²) in [7, 11) is 0. The summed E-state index contributed by atoms with van der Waals surface area (Å²) in [6, 6.07) is -0.912. The first-order valence-electron chi connectivity index (χ1n) is 9.73. The lowest BCUT2D eigenvalue weighted by Crippen LogP contribution is -2.48. The van der Waals surface area contributed by atoms with Gasteiger partial charge in [0.2, 0.25) is 5.91 Å². The summed E-state index contributed by atoms with van der Waals surface area (Å²) in [5, 5.41) is 14.9. The first kappa shape index (κ1) is 20.3. The van der Waals surface area contributed by atoms with Crippen molar-refractivity contribution in [1.29, 1.82) is 0 Å². The molecule has 28 heavy (non-hydrogen) atoms. The van der Waals surface area contributed by atoms with E-state index in [4.69, 9.17) is 9.94 Å². The first-order valence-corrected chi connectivity index (χ1v) is 9.73. The number of hydrogen-bond acceptors (Lipinski definition) is 5. The molecule has 0 fully saturated rings. The molecular weight excluding hydrogens is 360 g/mol. The number of rotatable bonds is 2. The van der Waals surface area contributed by atoms with Gasteiger partial charge in [-0.25, -0.2) is 5.48 Å². The van der Waals surface area contributed by atoms with E-state index < -0.39 is 11.9 Å². The van der Waals surface area contributed by atoms with E-state index in [0.717, 1.165) is 48.9 Å². The van der Waals surface area contributed by atoms with Gasteiger partial charge in [0.15, 0.2) is 0 Å². The van der Waals surface area contributed by atoms with E-state index in [9.17, 15) is 9.59 Å². The summed E-state index contributed by atoms with van der Waals surface area (Å²) in [4.78, 5) is 28.1. The van der Waals surface area contributed by atoms with E-state index in [1.807, 2.05) is 0 Å². The molecule has 0 saturated carbocycles. The number of H-pyrrole nitrogens is 1. The molecule has 1 aliphatic carbocycles. The quantitative estimate of drug-likeness (QED) is 0.294. The van der Waals surface area contributed by atoms with Gasteiger partial charge in [0.05, 0.1) is 6.61 Å². The van der Waals surface area contributed by atoms with Crippen LogP contribution >= 0.6 is 0 Å². The van der Waals surface area contributed by atoms with Crippen LogP contribution in [0.5, 0.6) is 0 Å². The Labute approximate surface area is 164 Å². The average molecular weight is 388 g/mol. The highest BCUT2D eigenvalue weighted by molar-refractivity contribution is 6.01. The van der Waals surface area contributed by atoms with Crippen LogP contribution in [0.4, 0.5) is 0 Å². The monoisotopic (exact) mass is 388 g/mol. The highest BCUT2D eigenvalue weighted by Crippen LogP contribution is 2.26. The van der Waals surface area contributed by atoms with E-state index in [1.165, 1.54) is 5.69 Å². The van der Waals surface area contributed by atoms with Crippen molar-refractivity contribution in [3.05, 3.63) is 40.7 Å². The zero-order valence-electron chi connectivity index (χ0n) is 16.0. The second-order valence-electron chi connectivity index (χ2n) is 7.06. The number of ether oxygens (including phenoxy) is 1. The minimum Gasteiger partial charge on any atom is -0.381 e. The highest BCUT2D eigenvalue weighted by atomic mass is 16.5. The number of aromatic amines is 1. The predicted molar refractivity (Wildman–Crippen MR) is 105 cm³/mol. The van der Waals surface area contributed by atoms with Crippen LogP contribution in [0.15, 0.2) is 18.2 Å².